The smallest absolute Gasteiger partial charge is 0.285 e. The van der Waals surface area contributed by atoms with Gasteiger partial charge in [0, 0.05) is 5.54 Å². The van der Waals surface area contributed by atoms with Crippen molar-refractivity contribution in [2.45, 2.75) is 32.6 Å². The molecule has 0 aromatic carbocycles. The lowest BCUT2D eigenvalue weighted by Crippen LogP contribution is -2.47. The predicted octanol–water partition coefficient (Wildman–Crippen LogP) is 2.89. The van der Waals surface area contributed by atoms with Crippen molar-refractivity contribution in [2.24, 2.45) is 0 Å². The summed E-state index contributed by atoms with van der Waals surface area (Å²) in [6, 6.07) is 0. The third-order valence-corrected chi connectivity index (χ3v) is 2.23. The van der Waals surface area contributed by atoms with Crippen molar-refractivity contribution in [1.29, 1.82) is 0 Å². The first-order valence-corrected chi connectivity index (χ1v) is 4.80. The van der Waals surface area contributed by atoms with Gasteiger partial charge in [0.05, 0.1) is 0 Å². The van der Waals surface area contributed by atoms with E-state index in [4.69, 9.17) is 0 Å². The molecule has 1 aliphatic rings. The lowest BCUT2D eigenvalue weighted by molar-refractivity contribution is 0.323. The van der Waals surface area contributed by atoms with Crippen LogP contribution in [0.1, 0.15) is 20.8 Å². The Bertz CT molecular complexity index is 235. The van der Waals surface area contributed by atoms with Gasteiger partial charge < -0.3 is 4.81 Å². The highest BCUT2D eigenvalue weighted by atomic mass is 15.1. The molecule has 0 aliphatic carbocycles. The first-order valence-electron chi connectivity index (χ1n) is 4.80. The molecule has 0 atom stereocenters. The van der Waals surface area contributed by atoms with Gasteiger partial charge in [-0.25, -0.2) is 0 Å². The van der Waals surface area contributed by atoms with Gasteiger partial charge in [0.15, 0.2) is 0 Å². The van der Waals surface area contributed by atoms with Crippen LogP contribution in [0.15, 0.2) is 37.0 Å². The molecule has 0 fully saturated rings. The fraction of sp³-hybridized carbons (Fsp3) is 0.455. The zero-order valence-electron chi connectivity index (χ0n) is 8.83. The zero-order chi connectivity index (χ0) is 9.90. The molecule has 1 aliphatic heterocycles. The van der Waals surface area contributed by atoms with Crippen molar-refractivity contribution in [3.63, 3.8) is 0 Å². The molecule has 0 saturated carbocycles. The Morgan fingerprint density at radius 2 is 2.08 bits per heavy atom. The maximum Gasteiger partial charge on any atom is 0.285 e. The van der Waals surface area contributed by atoms with E-state index in [1.165, 1.54) is 0 Å². The third kappa shape index (κ3) is 2.51. The maximum atomic E-state index is 3.79. The van der Waals surface area contributed by atoms with Crippen LogP contribution in [0.5, 0.6) is 0 Å². The molecule has 1 rings (SSSR count). The SMILES string of the molecule is C=CCB1C=CC=CN1C(C)(C)C. The van der Waals surface area contributed by atoms with E-state index < -0.39 is 0 Å². The van der Waals surface area contributed by atoms with Crippen LogP contribution in [0.2, 0.25) is 6.32 Å². The summed E-state index contributed by atoms with van der Waals surface area (Å²) >= 11 is 0. The van der Waals surface area contributed by atoms with Crippen LogP contribution in [0.3, 0.4) is 0 Å². The van der Waals surface area contributed by atoms with E-state index >= 15 is 0 Å². The first-order chi connectivity index (χ1) is 6.05. The standard InChI is InChI=1S/C11H18BN/c1-5-8-12-9-6-7-10-13(12)11(2,3)4/h5-7,9-10H,1,8H2,2-4H3. The van der Waals surface area contributed by atoms with Gasteiger partial charge in [-0.3, -0.25) is 0 Å². The molecule has 0 amide bonds. The number of rotatable bonds is 2. The summed E-state index contributed by atoms with van der Waals surface area (Å²) < 4.78 is 0. The van der Waals surface area contributed by atoms with Crippen molar-refractivity contribution in [2.75, 3.05) is 0 Å². The second kappa shape index (κ2) is 3.86. The van der Waals surface area contributed by atoms with Crippen LogP contribution < -0.4 is 0 Å². The summed E-state index contributed by atoms with van der Waals surface area (Å²) in [7, 11) is 0. The van der Waals surface area contributed by atoms with E-state index in [2.05, 4.69) is 56.5 Å². The number of allylic oxidation sites excluding steroid dienone is 3. The van der Waals surface area contributed by atoms with Gasteiger partial charge >= 0.3 is 0 Å². The average Bonchev–Trinajstić information content (AvgIpc) is 2.04. The highest BCUT2D eigenvalue weighted by Crippen LogP contribution is 2.20. The summed E-state index contributed by atoms with van der Waals surface area (Å²) in [6.45, 7) is 10.9. The normalized spacial score (nSPS) is 16.5. The predicted molar refractivity (Wildman–Crippen MR) is 60.6 cm³/mol. The van der Waals surface area contributed by atoms with Crippen LogP contribution in [0, 0.1) is 0 Å². The number of hydrogen-bond donors (Lipinski definition) is 0. The van der Waals surface area contributed by atoms with Crippen LogP contribution in [0.4, 0.5) is 0 Å². The lowest BCUT2D eigenvalue weighted by atomic mass is 9.55. The topological polar surface area (TPSA) is 3.24 Å². The molecule has 0 radical (unpaired) electrons. The third-order valence-electron chi connectivity index (χ3n) is 2.23. The summed E-state index contributed by atoms with van der Waals surface area (Å²) in [6.07, 6.45) is 9.35. The van der Waals surface area contributed by atoms with Gasteiger partial charge in [-0.05, 0) is 39.4 Å². The van der Waals surface area contributed by atoms with Crippen LogP contribution in [-0.2, 0) is 0 Å². The Morgan fingerprint density at radius 1 is 1.38 bits per heavy atom. The Hall–Kier alpha value is -0.915. The highest BCUT2D eigenvalue weighted by molar-refractivity contribution is 6.62. The Kier molecular flexibility index (Phi) is 3.02. The Labute approximate surface area is 81.9 Å². The molecule has 0 aromatic heterocycles. The van der Waals surface area contributed by atoms with E-state index in [0.29, 0.717) is 6.85 Å². The average molecular weight is 175 g/mol. The second-order valence-corrected chi connectivity index (χ2v) is 4.40. The Morgan fingerprint density at radius 3 is 2.62 bits per heavy atom. The largest absolute Gasteiger partial charge is 0.412 e. The van der Waals surface area contributed by atoms with Gasteiger partial charge in [0.1, 0.15) is 0 Å². The summed E-state index contributed by atoms with van der Waals surface area (Å²) in [5.41, 5.74) is 0.189. The summed E-state index contributed by atoms with van der Waals surface area (Å²) in [5, 5.41) is 0. The summed E-state index contributed by atoms with van der Waals surface area (Å²) in [4.78, 5) is 2.37. The van der Waals surface area contributed by atoms with Crippen LogP contribution in [-0.4, -0.2) is 17.2 Å². The van der Waals surface area contributed by atoms with Crippen molar-refractivity contribution in [3.05, 3.63) is 37.0 Å². The lowest BCUT2D eigenvalue weighted by Gasteiger charge is -2.39. The van der Waals surface area contributed by atoms with E-state index in [9.17, 15) is 0 Å². The molecular formula is C11H18BN. The van der Waals surface area contributed by atoms with E-state index in [1.54, 1.807) is 0 Å². The van der Waals surface area contributed by atoms with Gasteiger partial charge in [0.2, 0.25) is 0 Å². The van der Waals surface area contributed by atoms with Gasteiger partial charge in [-0.15, -0.1) is 6.58 Å². The van der Waals surface area contributed by atoms with Gasteiger partial charge in [-0.1, -0.05) is 18.1 Å². The minimum Gasteiger partial charge on any atom is -0.412 e. The fourth-order valence-corrected chi connectivity index (χ4v) is 1.62. The number of hydrogen-bond acceptors (Lipinski definition) is 1. The Balaban J connectivity index is 2.76. The van der Waals surface area contributed by atoms with Crippen LogP contribution >= 0.6 is 0 Å². The first kappa shape index (κ1) is 10.2. The molecule has 0 saturated heterocycles. The molecule has 1 heterocycles. The highest BCUT2D eigenvalue weighted by Gasteiger charge is 2.27. The van der Waals surface area contributed by atoms with E-state index in [0.717, 1.165) is 6.32 Å². The monoisotopic (exact) mass is 175 g/mol. The fourth-order valence-electron chi connectivity index (χ4n) is 1.62. The molecular weight excluding hydrogens is 157 g/mol. The van der Waals surface area contributed by atoms with E-state index in [1.807, 2.05) is 6.08 Å². The molecule has 0 aromatic rings. The molecule has 13 heavy (non-hydrogen) atoms. The van der Waals surface area contributed by atoms with E-state index in [-0.39, 0.29) is 5.54 Å². The molecule has 1 nitrogen and oxygen atoms in total. The van der Waals surface area contributed by atoms with Crippen LogP contribution in [0.25, 0.3) is 0 Å². The second-order valence-electron chi connectivity index (χ2n) is 4.40. The van der Waals surface area contributed by atoms with Crippen molar-refractivity contribution >= 4 is 6.85 Å². The minimum atomic E-state index is 0.189. The zero-order valence-corrected chi connectivity index (χ0v) is 8.83. The maximum absolute atomic E-state index is 3.79. The molecule has 2 heteroatoms. The number of nitrogens with zero attached hydrogens (tertiary/aromatic N) is 1. The molecule has 0 unspecified atom stereocenters. The quantitative estimate of drug-likeness (QED) is 0.460. The summed E-state index contributed by atoms with van der Waals surface area (Å²) in [5.74, 6) is 2.23. The molecule has 70 valence electrons. The van der Waals surface area contributed by atoms with Crippen molar-refractivity contribution in [1.82, 2.24) is 4.81 Å². The van der Waals surface area contributed by atoms with Crippen molar-refractivity contribution in [3.8, 4) is 0 Å². The minimum absolute atomic E-state index is 0.189. The molecule has 0 N–H and O–H groups in total. The molecule has 0 bridgehead atoms. The molecule has 0 spiro atoms. The van der Waals surface area contributed by atoms with Gasteiger partial charge in [0.25, 0.3) is 6.85 Å². The van der Waals surface area contributed by atoms with Gasteiger partial charge in [-0.2, -0.15) is 0 Å². The van der Waals surface area contributed by atoms with Crippen molar-refractivity contribution < 1.29 is 0 Å².